The molecule has 2 N–H and O–H groups in total. The summed E-state index contributed by atoms with van der Waals surface area (Å²) in [5.41, 5.74) is -0.00919. The average molecular weight is 698 g/mol. The molecule has 0 saturated heterocycles. The molecule has 10 atom stereocenters. The first-order valence-electron chi connectivity index (χ1n) is 16.2. The van der Waals surface area contributed by atoms with Crippen LogP contribution in [0, 0.1) is 17.3 Å². The zero-order chi connectivity index (χ0) is 36.1. The van der Waals surface area contributed by atoms with Gasteiger partial charge in [-0.3, -0.25) is 24.2 Å². The second-order valence-electron chi connectivity index (χ2n) is 14.2. The number of rotatable bonds is 0. The number of hydrogen-bond donors (Lipinski definition) is 2. The van der Waals surface area contributed by atoms with Gasteiger partial charge in [0.15, 0.2) is 0 Å². The van der Waals surface area contributed by atoms with E-state index in [2.05, 4.69) is 14.6 Å². The molecular formula is C33H56N5O7PS. The molecule has 0 aliphatic carbocycles. The van der Waals surface area contributed by atoms with Gasteiger partial charge in [0.05, 0.1) is 17.2 Å². The highest BCUT2D eigenvalue weighted by Gasteiger charge is 2.38. The second kappa shape index (κ2) is 16.7. The molecule has 0 aromatic rings. The number of cyclic esters (lactones) is 1. The number of esters is 1. The third-order valence-corrected chi connectivity index (χ3v) is 11.1. The number of carbonyl (C=O) groups excluding carboxylic acids is 5. The molecule has 266 valence electrons. The fourth-order valence-corrected chi connectivity index (χ4v) is 6.88. The van der Waals surface area contributed by atoms with Gasteiger partial charge in [-0.1, -0.05) is 40.7 Å². The molecular weight excluding hydrogens is 641 g/mol. The van der Waals surface area contributed by atoms with Gasteiger partial charge in [0.2, 0.25) is 23.6 Å². The fourth-order valence-electron chi connectivity index (χ4n) is 5.35. The first-order valence-corrected chi connectivity index (χ1v) is 17.9. The van der Waals surface area contributed by atoms with Gasteiger partial charge in [0.1, 0.15) is 30.0 Å². The summed E-state index contributed by atoms with van der Waals surface area (Å²) in [6, 6.07) is -3.08. The van der Waals surface area contributed by atoms with E-state index in [-0.39, 0.29) is 17.9 Å². The molecule has 2 aliphatic rings. The zero-order valence-corrected chi connectivity index (χ0v) is 32.0. The lowest BCUT2D eigenvalue weighted by atomic mass is 9.81. The van der Waals surface area contributed by atoms with Crippen LogP contribution >= 0.6 is 21.0 Å². The molecule has 0 radical (unpaired) electrons. The Morgan fingerprint density at radius 2 is 1.40 bits per heavy atom. The molecule has 12 nitrogen and oxygen atoms in total. The van der Waals surface area contributed by atoms with Gasteiger partial charge in [-0.05, 0) is 51.9 Å². The number of thioether (sulfide) groups is 1. The van der Waals surface area contributed by atoms with Gasteiger partial charge in [0, 0.05) is 38.4 Å². The first kappa shape index (κ1) is 40.7. The highest BCUT2D eigenvalue weighted by molar-refractivity contribution is 8.14. The minimum absolute atomic E-state index is 0.00429. The molecule has 2 bridgehead atoms. The van der Waals surface area contributed by atoms with Crippen molar-refractivity contribution >= 4 is 55.6 Å². The smallest absolute Gasteiger partial charge is 0.328 e. The summed E-state index contributed by atoms with van der Waals surface area (Å²) in [7, 11) is 6.72. The maximum absolute atomic E-state index is 13.5. The van der Waals surface area contributed by atoms with Crippen molar-refractivity contribution in [2.24, 2.45) is 22.2 Å². The number of nitrogens with zero attached hydrogens (tertiary/aromatic N) is 4. The summed E-state index contributed by atoms with van der Waals surface area (Å²) >= 11 is 1.55. The van der Waals surface area contributed by atoms with E-state index in [9.17, 15) is 29.1 Å². The monoisotopic (exact) mass is 697 g/mol. The summed E-state index contributed by atoms with van der Waals surface area (Å²) in [5.74, 6) is -3.07. The summed E-state index contributed by atoms with van der Waals surface area (Å²) in [5, 5.41) is 14.7. The Hall–Kier alpha value is -2.50. The van der Waals surface area contributed by atoms with Crippen LogP contribution in [-0.2, 0) is 28.7 Å². The Morgan fingerprint density at radius 1 is 0.894 bits per heavy atom. The van der Waals surface area contributed by atoms with E-state index in [1.807, 2.05) is 34.6 Å². The number of likely N-dealkylation sites (N-methyl/N-ethyl adjacent to an activating group) is 3. The van der Waals surface area contributed by atoms with Crippen LogP contribution in [0.5, 0.6) is 0 Å². The van der Waals surface area contributed by atoms with Crippen molar-refractivity contribution in [2.45, 2.75) is 117 Å². The number of carbonyl (C=O) groups is 5. The Bertz CT molecular complexity index is 1250. The highest BCUT2D eigenvalue weighted by atomic mass is 32.2. The Kier molecular flexibility index (Phi) is 14.5. The lowest BCUT2D eigenvalue weighted by Crippen LogP contribution is -2.56. The molecule has 2 rings (SSSR count). The largest absolute Gasteiger partial charge is 0.460 e. The molecule has 0 aromatic carbocycles. The molecule has 2 aliphatic heterocycles. The number of amides is 4. The fraction of sp³-hybridized carbons (Fsp3) is 0.758. The van der Waals surface area contributed by atoms with E-state index in [1.165, 1.54) is 35.8 Å². The Labute approximate surface area is 287 Å². The molecule has 1 unspecified atom stereocenters. The van der Waals surface area contributed by atoms with Crippen LogP contribution < -0.4 is 5.32 Å². The minimum atomic E-state index is -1.01. The summed E-state index contributed by atoms with van der Waals surface area (Å²) in [4.78, 5) is 75.0. The van der Waals surface area contributed by atoms with Crippen LogP contribution in [-0.4, -0.2) is 124 Å². The zero-order valence-electron chi connectivity index (χ0n) is 30.1. The second-order valence-corrected chi connectivity index (χ2v) is 16.0. The third kappa shape index (κ3) is 10.5. The van der Waals surface area contributed by atoms with Crippen LogP contribution in [0.15, 0.2) is 16.6 Å². The quantitative estimate of drug-likeness (QED) is 0.290. The van der Waals surface area contributed by atoms with E-state index in [4.69, 9.17) is 9.73 Å². The number of aliphatic hydroxyl groups excluding tert-OH is 1. The number of aliphatic hydroxyl groups is 1. The molecule has 47 heavy (non-hydrogen) atoms. The summed E-state index contributed by atoms with van der Waals surface area (Å²) in [6.07, 6.45) is 1.57. The molecule has 0 spiro atoms. The van der Waals surface area contributed by atoms with Crippen molar-refractivity contribution in [1.29, 1.82) is 0 Å². The molecule has 2 heterocycles. The standard InChI is InChI=1S/C33H56N5O7PS/c1-17-13-24(39)19(3)28-34-23(16-47-28)15-18(2)26(40)35-27(46)31(43)37(11)21(5)29(41)36(10)20(4)30(42)38(12)22(6)32(44)45-25(14-17)33(7,8)9/h15,17,19-25,27,39H,13-14,16,46H2,1-12H3,(H,35,40)/b18-15+/t17-,19-,20-,21-,22-,23-,24-,25-,27-/m0/s1. The average Bonchev–Trinajstić information content (AvgIpc) is 3.47. The lowest BCUT2D eigenvalue weighted by molar-refractivity contribution is -0.165. The number of fused-ring (bicyclic) bond motifs is 1. The van der Waals surface area contributed by atoms with Crippen molar-refractivity contribution in [2.75, 3.05) is 26.9 Å². The molecule has 4 amide bonds. The predicted octanol–water partition coefficient (Wildman–Crippen LogP) is 2.69. The van der Waals surface area contributed by atoms with Crippen molar-refractivity contribution in [1.82, 2.24) is 20.0 Å². The molecule has 0 fully saturated rings. The lowest BCUT2D eigenvalue weighted by Gasteiger charge is -2.36. The predicted molar refractivity (Wildman–Crippen MR) is 189 cm³/mol. The summed E-state index contributed by atoms with van der Waals surface area (Å²) in [6.45, 7) is 16.3. The number of aliphatic imine (C=N–C) groups is 1. The maximum Gasteiger partial charge on any atom is 0.328 e. The Morgan fingerprint density at radius 3 is 1.94 bits per heavy atom. The van der Waals surface area contributed by atoms with Crippen LogP contribution in [0.25, 0.3) is 0 Å². The SMILES string of the molecule is C/C1=C\[C@H]2CSC(=N2)[C@@H](C)[C@@H](O)C[C@H](C)C[C@@H](C(C)(C)C)OC(=O)[C@H](C)N(C)C(=O)[C@H](C)N(C)C(=O)[C@H](C)N(C)C(=O)[C@H](P)NC1=O. The van der Waals surface area contributed by atoms with E-state index in [0.717, 1.165) is 5.04 Å². The van der Waals surface area contributed by atoms with Crippen LogP contribution in [0.3, 0.4) is 0 Å². The van der Waals surface area contributed by atoms with Crippen LogP contribution in [0.1, 0.15) is 75.2 Å². The van der Waals surface area contributed by atoms with Crippen LogP contribution in [0.4, 0.5) is 0 Å². The van der Waals surface area contributed by atoms with E-state index in [1.54, 1.807) is 45.5 Å². The number of hydrogen-bond acceptors (Lipinski definition) is 9. The molecule has 0 saturated carbocycles. The normalized spacial score (nSPS) is 35.0. The van der Waals surface area contributed by atoms with Gasteiger partial charge in [-0.2, -0.15) is 0 Å². The van der Waals surface area contributed by atoms with E-state index < -0.39 is 71.1 Å². The Balaban J connectivity index is 2.44. The first-order chi connectivity index (χ1) is 21.6. The topological polar surface area (TPSA) is 149 Å². The number of nitrogens with one attached hydrogen (secondary N) is 1. The highest BCUT2D eigenvalue weighted by Crippen LogP contribution is 2.33. The van der Waals surface area contributed by atoms with Gasteiger partial charge in [-0.25, -0.2) is 4.79 Å². The van der Waals surface area contributed by atoms with Crippen molar-refractivity contribution in [3.63, 3.8) is 0 Å². The van der Waals surface area contributed by atoms with Crippen LogP contribution in [0.2, 0.25) is 0 Å². The van der Waals surface area contributed by atoms with Gasteiger partial charge in [0.25, 0.3) is 0 Å². The third-order valence-electron chi connectivity index (χ3n) is 9.34. The van der Waals surface area contributed by atoms with Crippen molar-refractivity contribution < 1.29 is 33.8 Å². The van der Waals surface area contributed by atoms with Gasteiger partial charge in [-0.15, -0.1) is 21.0 Å². The van der Waals surface area contributed by atoms with E-state index >= 15 is 0 Å². The minimum Gasteiger partial charge on any atom is -0.460 e. The molecule has 14 heteroatoms. The summed E-state index contributed by atoms with van der Waals surface area (Å²) < 4.78 is 6.02. The van der Waals surface area contributed by atoms with Crippen molar-refractivity contribution in [3.8, 4) is 0 Å². The number of ether oxygens (including phenoxy) is 1. The van der Waals surface area contributed by atoms with Gasteiger partial charge < -0.3 is 29.9 Å². The van der Waals surface area contributed by atoms with E-state index in [0.29, 0.717) is 24.2 Å². The van der Waals surface area contributed by atoms with Gasteiger partial charge >= 0.3 is 5.97 Å². The van der Waals surface area contributed by atoms with Crippen molar-refractivity contribution in [3.05, 3.63) is 11.6 Å². The maximum atomic E-state index is 13.5. The molecule has 0 aromatic heterocycles.